The van der Waals surface area contributed by atoms with Gasteiger partial charge in [-0.25, -0.2) is 8.42 Å². The van der Waals surface area contributed by atoms with E-state index in [2.05, 4.69) is 14.2 Å². The van der Waals surface area contributed by atoms with E-state index in [-0.39, 0.29) is 24.3 Å². The third kappa shape index (κ3) is 7.19. The molecule has 0 fully saturated rings. The SMILES string of the molecule is COC(=O)CC[C@@H](NS(=O)(=O)c1ccc(COc2cccc(C=O)c2)cc1)C(=O)OC. The second kappa shape index (κ2) is 11.2. The monoisotopic (exact) mass is 449 g/mol. The summed E-state index contributed by atoms with van der Waals surface area (Å²) < 4.78 is 42.3. The number of methoxy groups -OCH3 is 2. The van der Waals surface area contributed by atoms with E-state index in [9.17, 15) is 22.8 Å². The highest BCUT2D eigenvalue weighted by Gasteiger charge is 2.27. The number of nitrogens with one attached hydrogen (secondary N) is 1. The quantitative estimate of drug-likeness (QED) is 0.407. The third-order valence-corrected chi connectivity index (χ3v) is 5.77. The fourth-order valence-corrected chi connectivity index (χ4v) is 3.81. The molecule has 0 aromatic heterocycles. The van der Waals surface area contributed by atoms with Gasteiger partial charge in [0.25, 0.3) is 0 Å². The molecule has 0 spiro atoms. The smallest absolute Gasteiger partial charge is 0.323 e. The van der Waals surface area contributed by atoms with Gasteiger partial charge in [-0.3, -0.25) is 14.4 Å². The minimum Gasteiger partial charge on any atom is -0.489 e. The number of ether oxygens (including phenoxy) is 3. The lowest BCUT2D eigenvalue weighted by molar-refractivity contribution is -0.144. The molecule has 0 saturated carbocycles. The van der Waals surface area contributed by atoms with Crippen LogP contribution in [0.15, 0.2) is 53.4 Å². The maximum Gasteiger partial charge on any atom is 0.323 e. The molecular weight excluding hydrogens is 426 g/mol. The number of carbonyl (C=O) groups is 3. The van der Waals surface area contributed by atoms with E-state index < -0.39 is 28.0 Å². The Labute approximate surface area is 180 Å². The summed E-state index contributed by atoms with van der Waals surface area (Å²) in [5, 5.41) is 0. The van der Waals surface area contributed by atoms with E-state index in [0.717, 1.165) is 7.11 Å². The summed E-state index contributed by atoms with van der Waals surface area (Å²) in [7, 11) is -1.72. The largest absolute Gasteiger partial charge is 0.489 e. The molecule has 0 radical (unpaired) electrons. The van der Waals surface area contributed by atoms with Gasteiger partial charge in [0.2, 0.25) is 10.0 Å². The van der Waals surface area contributed by atoms with Gasteiger partial charge >= 0.3 is 11.9 Å². The normalized spacial score (nSPS) is 11.9. The molecule has 2 rings (SSSR count). The van der Waals surface area contributed by atoms with E-state index >= 15 is 0 Å². The number of sulfonamides is 1. The number of benzene rings is 2. The van der Waals surface area contributed by atoms with Gasteiger partial charge in [-0.15, -0.1) is 0 Å². The van der Waals surface area contributed by atoms with Crippen LogP contribution in [0.4, 0.5) is 0 Å². The average molecular weight is 449 g/mol. The Bertz CT molecular complexity index is 1020. The van der Waals surface area contributed by atoms with E-state index in [1.807, 2.05) is 0 Å². The number of aldehydes is 1. The molecule has 2 aromatic rings. The molecule has 10 heteroatoms. The van der Waals surface area contributed by atoms with Crippen molar-refractivity contribution in [3.05, 3.63) is 59.7 Å². The molecular formula is C21H23NO8S. The number of rotatable bonds is 11. The Hall–Kier alpha value is -3.24. The number of hydrogen-bond acceptors (Lipinski definition) is 8. The average Bonchev–Trinajstić information content (AvgIpc) is 2.79. The second-order valence-electron chi connectivity index (χ2n) is 6.43. The summed E-state index contributed by atoms with van der Waals surface area (Å²) in [6, 6.07) is 11.3. The second-order valence-corrected chi connectivity index (χ2v) is 8.15. The van der Waals surface area contributed by atoms with Crippen molar-refractivity contribution in [3.8, 4) is 5.75 Å². The van der Waals surface area contributed by atoms with Crippen molar-refractivity contribution < 1.29 is 37.0 Å². The first-order valence-corrected chi connectivity index (χ1v) is 10.7. The molecule has 166 valence electrons. The lowest BCUT2D eigenvalue weighted by atomic mass is 10.2. The number of hydrogen-bond donors (Lipinski definition) is 1. The summed E-state index contributed by atoms with van der Waals surface area (Å²) >= 11 is 0. The van der Waals surface area contributed by atoms with E-state index in [1.165, 1.54) is 19.2 Å². The molecule has 31 heavy (non-hydrogen) atoms. The zero-order valence-electron chi connectivity index (χ0n) is 17.1. The first-order chi connectivity index (χ1) is 14.8. The molecule has 0 aliphatic rings. The van der Waals surface area contributed by atoms with Crippen LogP contribution in [0.1, 0.15) is 28.8 Å². The molecule has 0 unspecified atom stereocenters. The molecule has 0 amide bonds. The minimum atomic E-state index is -4.04. The zero-order valence-corrected chi connectivity index (χ0v) is 17.9. The summed E-state index contributed by atoms with van der Waals surface area (Å²) in [5.74, 6) is -0.874. The highest BCUT2D eigenvalue weighted by atomic mass is 32.2. The lowest BCUT2D eigenvalue weighted by Gasteiger charge is -2.16. The molecule has 1 atom stereocenters. The van der Waals surface area contributed by atoms with E-state index in [4.69, 9.17) is 4.74 Å². The van der Waals surface area contributed by atoms with Crippen molar-refractivity contribution in [2.75, 3.05) is 14.2 Å². The van der Waals surface area contributed by atoms with Crippen LogP contribution in [0.5, 0.6) is 5.75 Å². The molecule has 0 aliphatic heterocycles. The van der Waals surface area contributed by atoms with Crippen LogP contribution in [0.3, 0.4) is 0 Å². The third-order valence-electron chi connectivity index (χ3n) is 4.28. The number of esters is 2. The fraction of sp³-hybridized carbons (Fsp3) is 0.286. The van der Waals surface area contributed by atoms with Gasteiger partial charge in [0, 0.05) is 12.0 Å². The molecule has 0 saturated heterocycles. The predicted octanol–water partition coefficient (Wildman–Crippen LogP) is 1.85. The molecule has 0 aliphatic carbocycles. The van der Waals surface area contributed by atoms with E-state index in [0.29, 0.717) is 23.2 Å². The molecule has 0 heterocycles. The van der Waals surface area contributed by atoms with Crippen LogP contribution in [0.25, 0.3) is 0 Å². The molecule has 0 bridgehead atoms. The van der Waals surface area contributed by atoms with Crippen molar-refractivity contribution in [1.29, 1.82) is 0 Å². The van der Waals surface area contributed by atoms with Gasteiger partial charge in [-0.05, 0) is 36.2 Å². The minimum absolute atomic E-state index is 0.0637. The van der Waals surface area contributed by atoms with Crippen molar-refractivity contribution in [2.45, 2.75) is 30.4 Å². The Kier molecular flexibility index (Phi) is 8.71. The summed E-state index contributed by atoms with van der Waals surface area (Å²) in [4.78, 5) is 34.0. The zero-order chi connectivity index (χ0) is 22.9. The summed E-state index contributed by atoms with van der Waals surface area (Å²) in [5.41, 5.74) is 1.18. The van der Waals surface area contributed by atoms with Crippen molar-refractivity contribution in [3.63, 3.8) is 0 Å². The van der Waals surface area contributed by atoms with Crippen LogP contribution in [-0.4, -0.2) is 46.9 Å². The summed E-state index contributed by atoms with van der Waals surface area (Å²) in [6.07, 6.45) is 0.455. The predicted molar refractivity (Wildman–Crippen MR) is 110 cm³/mol. The topological polar surface area (TPSA) is 125 Å². The van der Waals surface area contributed by atoms with Crippen LogP contribution in [-0.2, 0) is 35.7 Å². The van der Waals surface area contributed by atoms with E-state index in [1.54, 1.807) is 36.4 Å². The van der Waals surface area contributed by atoms with Gasteiger partial charge < -0.3 is 14.2 Å². The Balaban J connectivity index is 2.05. The number of carbonyl (C=O) groups excluding carboxylic acids is 3. The summed E-state index contributed by atoms with van der Waals surface area (Å²) in [6.45, 7) is 0.167. The lowest BCUT2D eigenvalue weighted by Crippen LogP contribution is -2.41. The van der Waals surface area contributed by atoms with Crippen LogP contribution >= 0.6 is 0 Å². The van der Waals surface area contributed by atoms with Gasteiger partial charge in [0.05, 0.1) is 19.1 Å². The molecule has 2 aromatic carbocycles. The Morgan fingerprint density at radius 2 is 1.77 bits per heavy atom. The van der Waals surface area contributed by atoms with Crippen LogP contribution in [0.2, 0.25) is 0 Å². The van der Waals surface area contributed by atoms with Gasteiger partial charge in [-0.2, -0.15) is 4.72 Å². The fourth-order valence-electron chi connectivity index (χ4n) is 2.60. The van der Waals surface area contributed by atoms with Crippen LogP contribution < -0.4 is 9.46 Å². The van der Waals surface area contributed by atoms with Gasteiger partial charge in [0.1, 0.15) is 24.7 Å². The maximum atomic E-state index is 12.6. The van der Waals surface area contributed by atoms with Crippen molar-refractivity contribution >= 4 is 28.2 Å². The van der Waals surface area contributed by atoms with Gasteiger partial charge in [0.15, 0.2) is 0 Å². The van der Waals surface area contributed by atoms with Crippen molar-refractivity contribution in [2.24, 2.45) is 0 Å². The highest BCUT2D eigenvalue weighted by Crippen LogP contribution is 2.17. The first kappa shape index (κ1) is 24.0. The first-order valence-electron chi connectivity index (χ1n) is 9.23. The Morgan fingerprint density at radius 1 is 1.06 bits per heavy atom. The Morgan fingerprint density at radius 3 is 2.39 bits per heavy atom. The maximum absolute atomic E-state index is 12.6. The van der Waals surface area contributed by atoms with Crippen LogP contribution in [0, 0.1) is 0 Å². The molecule has 9 nitrogen and oxygen atoms in total. The molecule has 1 N–H and O–H groups in total. The van der Waals surface area contributed by atoms with Crippen molar-refractivity contribution in [1.82, 2.24) is 4.72 Å². The highest BCUT2D eigenvalue weighted by molar-refractivity contribution is 7.89. The van der Waals surface area contributed by atoms with Gasteiger partial charge in [-0.1, -0.05) is 24.3 Å². The standard InChI is InChI=1S/C21H23NO8S/c1-28-20(24)11-10-19(21(25)29-2)22-31(26,27)18-8-6-15(7-9-18)14-30-17-5-3-4-16(12-17)13-23/h3-9,12-13,19,22H,10-11,14H2,1-2H3/t19-/m1/s1.